The molecule has 2 aromatic rings. The summed E-state index contributed by atoms with van der Waals surface area (Å²) in [7, 11) is 0. The van der Waals surface area contributed by atoms with Crippen LogP contribution in [-0.4, -0.2) is 27.5 Å². The molecule has 1 aromatic carbocycles. The van der Waals surface area contributed by atoms with Crippen LogP contribution in [0.4, 0.5) is 0 Å². The highest BCUT2D eigenvalue weighted by Crippen LogP contribution is 2.08. The van der Waals surface area contributed by atoms with E-state index in [-0.39, 0.29) is 11.4 Å². The summed E-state index contributed by atoms with van der Waals surface area (Å²) in [6.45, 7) is 1.60. The predicted octanol–water partition coefficient (Wildman–Crippen LogP) is 0.848. The second-order valence-electron chi connectivity index (χ2n) is 3.49. The number of benzene rings is 1. The number of carbonyl (C=O) groups is 1. The van der Waals surface area contributed by atoms with Crippen LogP contribution in [0.15, 0.2) is 34.0 Å². The van der Waals surface area contributed by atoms with Gasteiger partial charge in [0.15, 0.2) is 5.69 Å². The van der Waals surface area contributed by atoms with Gasteiger partial charge >= 0.3 is 0 Å². The lowest BCUT2D eigenvalue weighted by Gasteiger charge is -1.96. The molecule has 0 aliphatic rings. The van der Waals surface area contributed by atoms with Crippen molar-refractivity contribution in [3.8, 4) is 5.75 Å². The van der Waals surface area contributed by atoms with Gasteiger partial charge in [-0.3, -0.25) is 4.79 Å². The molecule has 1 aromatic heterocycles. The van der Waals surface area contributed by atoms with Crippen molar-refractivity contribution in [2.24, 2.45) is 5.10 Å². The monoisotopic (exact) mass is 246 g/mol. The lowest BCUT2D eigenvalue weighted by molar-refractivity contribution is 0.0945. The van der Waals surface area contributed by atoms with E-state index in [0.717, 1.165) is 0 Å². The Morgan fingerprint density at radius 3 is 3.00 bits per heavy atom. The van der Waals surface area contributed by atoms with Crippen LogP contribution in [0.3, 0.4) is 0 Å². The smallest absolute Gasteiger partial charge is 0.295 e. The Morgan fingerprint density at radius 1 is 1.50 bits per heavy atom. The van der Waals surface area contributed by atoms with Gasteiger partial charge in [0, 0.05) is 0 Å². The molecule has 7 nitrogen and oxygen atoms in total. The number of carbonyl (C=O) groups excluding carboxylic acids is 1. The van der Waals surface area contributed by atoms with Crippen molar-refractivity contribution in [2.45, 2.75) is 6.92 Å². The second-order valence-corrected chi connectivity index (χ2v) is 3.49. The molecular weight excluding hydrogens is 236 g/mol. The van der Waals surface area contributed by atoms with E-state index in [4.69, 9.17) is 0 Å². The first kappa shape index (κ1) is 11.8. The Hall–Kier alpha value is -2.70. The number of nitrogens with zero attached hydrogens (tertiary/aromatic N) is 3. The number of nitrogens with one attached hydrogen (secondary N) is 1. The highest BCUT2D eigenvalue weighted by atomic mass is 16.6. The highest BCUT2D eigenvalue weighted by Gasteiger charge is 2.13. The fourth-order valence-electron chi connectivity index (χ4n) is 1.26. The molecule has 0 spiro atoms. The summed E-state index contributed by atoms with van der Waals surface area (Å²) in [4.78, 5) is 11.5. The van der Waals surface area contributed by atoms with Crippen molar-refractivity contribution in [3.63, 3.8) is 0 Å². The topological polar surface area (TPSA) is 101 Å². The van der Waals surface area contributed by atoms with E-state index in [1.54, 1.807) is 25.1 Å². The number of phenolic OH excluding ortho intramolecular Hbond substituents is 1. The summed E-state index contributed by atoms with van der Waals surface area (Å²) >= 11 is 0. The maximum absolute atomic E-state index is 11.5. The molecule has 2 rings (SSSR count). The van der Waals surface area contributed by atoms with Gasteiger partial charge in [0.1, 0.15) is 11.4 Å². The minimum atomic E-state index is -0.509. The minimum absolute atomic E-state index is 0.0862. The quantitative estimate of drug-likeness (QED) is 0.617. The average Bonchev–Trinajstić information content (AvgIpc) is 2.75. The number of aromatic hydroxyl groups is 1. The zero-order valence-corrected chi connectivity index (χ0v) is 9.49. The van der Waals surface area contributed by atoms with Crippen molar-refractivity contribution >= 4 is 12.1 Å². The number of phenols is 1. The average molecular weight is 246 g/mol. The molecule has 0 bridgehead atoms. The lowest BCUT2D eigenvalue weighted by Crippen LogP contribution is -2.19. The van der Waals surface area contributed by atoms with Crippen LogP contribution in [0.25, 0.3) is 0 Å². The van der Waals surface area contributed by atoms with Gasteiger partial charge in [-0.1, -0.05) is 17.3 Å². The molecular formula is C11H10N4O3. The Bertz CT molecular complexity index is 591. The Balaban J connectivity index is 2.00. The third-order valence-electron chi connectivity index (χ3n) is 2.12. The zero-order valence-electron chi connectivity index (χ0n) is 9.49. The van der Waals surface area contributed by atoms with Crippen LogP contribution < -0.4 is 5.43 Å². The van der Waals surface area contributed by atoms with E-state index < -0.39 is 5.91 Å². The normalized spacial score (nSPS) is 10.7. The van der Waals surface area contributed by atoms with Crippen LogP contribution >= 0.6 is 0 Å². The van der Waals surface area contributed by atoms with Gasteiger partial charge in [0.05, 0.1) is 6.21 Å². The number of rotatable bonds is 3. The number of hydrazone groups is 1. The third kappa shape index (κ3) is 2.70. The number of aryl methyl sites for hydroxylation is 1. The Kier molecular flexibility index (Phi) is 3.33. The van der Waals surface area contributed by atoms with E-state index >= 15 is 0 Å². The summed E-state index contributed by atoms with van der Waals surface area (Å²) < 4.78 is 4.40. The molecule has 1 amide bonds. The molecule has 18 heavy (non-hydrogen) atoms. The first-order valence-corrected chi connectivity index (χ1v) is 5.08. The van der Waals surface area contributed by atoms with E-state index in [1.807, 2.05) is 0 Å². The van der Waals surface area contributed by atoms with Crippen LogP contribution in [0, 0.1) is 6.92 Å². The standard InChI is InChI=1S/C11H10N4O3/c1-7-10(15-18-14-7)11(17)13-12-6-8-3-2-4-9(16)5-8/h2-6,16H,1H3,(H,13,17)/b12-6-. The van der Waals surface area contributed by atoms with Gasteiger partial charge in [-0.2, -0.15) is 5.10 Å². The van der Waals surface area contributed by atoms with E-state index in [0.29, 0.717) is 11.3 Å². The van der Waals surface area contributed by atoms with Gasteiger partial charge < -0.3 is 5.11 Å². The van der Waals surface area contributed by atoms with Gasteiger partial charge in [-0.05, 0) is 29.8 Å². The first-order valence-electron chi connectivity index (χ1n) is 5.08. The molecule has 0 radical (unpaired) electrons. The van der Waals surface area contributed by atoms with Gasteiger partial charge in [0.25, 0.3) is 5.91 Å². The van der Waals surface area contributed by atoms with Crippen LogP contribution in [0.1, 0.15) is 21.7 Å². The number of aromatic nitrogens is 2. The molecule has 0 saturated heterocycles. The number of hydrogen-bond acceptors (Lipinski definition) is 6. The molecule has 0 aliphatic carbocycles. The van der Waals surface area contributed by atoms with Crippen molar-refractivity contribution in [1.82, 2.24) is 15.7 Å². The van der Waals surface area contributed by atoms with Crippen molar-refractivity contribution in [1.29, 1.82) is 0 Å². The fourth-order valence-corrected chi connectivity index (χ4v) is 1.26. The second kappa shape index (κ2) is 5.09. The summed E-state index contributed by atoms with van der Waals surface area (Å²) in [6.07, 6.45) is 1.40. The predicted molar refractivity (Wildman–Crippen MR) is 62.2 cm³/mol. The number of amides is 1. The van der Waals surface area contributed by atoms with Crippen LogP contribution in [-0.2, 0) is 0 Å². The van der Waals surface area contributed by atoms with Crippen molar-refractivity contribution in [3.05, 3.63) is 41.2 Å². The fraction of sp³-hybridized carbons (Fsp3) is 0.0909. The molecule has 1 heterocycles. The molecule has 2 N–H and O–H groups in total. The molecule has 0 saturated carbocycles. The Morgan fingerprint density at radius 2 is 2.33 bits per heavy atom. The van der Waals surface area contributed by atoms with Crippen LogP contribution in [0.5, 0.6) is 5.75 Å². The molecule has 7 heteroatoms. The largest absolute Gasteiger partial charge is 0.508 e. The molecule has 0 fully saturated rings. The Labute approximate surface area is 102 Å². The zero-order chi connectivity index (χ0) is 13.0. The van der Waals surface area contributed by atoms with Crippen LogP contribution in [0.2, 0.25) is 0 Å². The molecule has 0 atom stereocenters. The van der Waals surface area contributed by atoms with Gasteiger partial charge in [-0.15, -0.1) is 0 Å². The summed E-state index contributed by atoms with van der Waals surface area (Å²) in [5.41, 5.74) is 3.41. The minimum Gasteiger partial charge on any atom is -0.508 e. The maximum Gasteiger partial charge on any atom is 0.295 e. The van der Waals surface area contributed by atoms with Gasteiger partial charge in [0.2, 0.25) is 0 Å². The summed E-state index contributed by atoms with van der Waals surface area (Å²) in [5.74, 6) is -0.382. The maximum atomic E-state index is 11.5. The lowest BCUT2D eigenvalue weighted by atomic mass is 10.2. The summed E-state index contributed by atoms with van der Waals surface area (Å²) in [6, 6.07) is 6.46. The van der Waals surface area contributed by atoms with E-state index in [2.05, 4.69) is 25.5 Å². The van der Waals surface area contributed by atoms with Crippen molar-refractivity contribution in [2.75, 3.05) is 0 Å². The first-order chi connectivity index (χ1) is 8.66. The van der Waals surface area contributed by atoms with E-state index in [9.17, 15) is 9.90 Å². The van der Waals surface area contributed by atoms with Gasteiger partial charge in [-0.25, -0.2) is 10.1 Å². The molecule has 92 valence electrons. The summed E-state index contributed by atoms with van der Waals surface area (Å²) in [5, 5.41) is 19.9. The SMILES string of the molecule is Cc1nonc1C(=O)N/N=C\c1cccc(O)c1. The highest BCUT2D eigenvalue weighted by molar-refractivity contribution is 5.93. The molecule has 0 aliphatic heterocycles. The van der Waals surface area contributed by atoms with Crippen molar-refractivity contribution < 1.29 is 14.5 Å². The van der Waals surface area contributed by atoms with E-state index in [1.165, 1.54) is 12.3 Å². The molecule has 0 unspecified atom stereocenters. The number of hydrogen-bond donors (Lipinski definition) is 2. The third-order valence-corrected chi connectivity index (χ3v) is 2.12.